The largest absolute Gasteiger partial charge is 0.493 e. The van der Waals surface area contributed by atoms with E-state index in [1.54, 1.807) is 6.07 Å². The summed E-state index contributed by atoms with van der Waals surface area (Å²) >= 11 is 0. The van der Waals surface area contributed by atoms with E-state index in [1.807, 2.05) is 6.92 Å². The van der Waals surface area contributed by atoms with E-state index in [4.69, 9.17) is 9.84 Å². The van der Waals surface area contributed by atoms with Crippen molar-refractivity contribution >= 4 is 15.7 Å². The van der Waals surface area contributed by atoms with Crippen LogP contribution in [0.15, 0.2) is 27.9 Å². The number of sulfonamides is 1. The van der Waals surface area contributed by atoms with Crippen LogP contribution < -0.4 is 15.0 Å². The lowest BCUT2D eigenvalue weighted by atomic mass is 10.1. The second kappa shape index (κ2) is 10.6. The number of hydrogen-bond acceptors (Lipinski definition) is 8. The van der Waals surface area contributed by atoms with Crippen LogP contribution >= 0.6 is 0 Å². The summed E-state index contributed by atoms with van der Waals surface area (Å²) in [7, 11) is -3.79. The van der Waals surface area contributed by atoms with Gasteiger partial charge in [-0.3, -0.25) is 4.79 Å². The molecule has 34 heavy (non-hydrogen) atoms. The molecule has 0 amide bonds. The first-order chi connectivity index (χ1) is 16.4. The lowest BCUT2D eigenvalue weighted by Crippen LogP contribution is -2.25. The molecule has 0 unspecified atom stereocenters. The molecule has 2 aromatic heterocycles. The number of H-pyrrole nitrogens is 1. The predicted molar refractivity (Wildman–Crippen MR) is 125 cm³/mol. The van der Waals surface area contributed by atoms with Gasteiger partial charge in [-0.15, -0.1) is 15.3 Å². The maximum atomic E-state index is 12.9. The molecule has 0 bridgehead atoms. The van der Waals surface area contributed by atoms with Crippen LogP contribution in [0.5, 0.6) is 5.75 Å². The maximum absolute atomic E-state index is 12.9. The highest BCUT2D eigenvalue weighted by atomic mass is 32.2. The molecule has 4 rings (SSSR count). The van der Waals surface area contributed by atoms with Crippen molar-refractivity contribution in [1.82, 2.24) is 29.5 Å². The smallest absolute Gasteiger partial charge is 0.296 e. The van der Waals surface area contributed by atoms with Crippen molar-refractivity contribution in [2.45, 2.75) is 62.7 Å². The van der Waals surface area contributed by atoms with Crippen molar-refractivity contribution in [2.75, 3.05) is 19.8 Å². The SMILES string of the molecule is CCOc1ccc(S(=O)(=O)NCCCCCO)cc1-c1nn2c(C3CCCC3)nnc2c(=O)[nH]1. The van der Waals surface area contributed by atoms with Crippen molar-refractivity contribution in [3.8, 4) is 17.1 Å². The van der Waals surface area contributed by atoms with Gasteiger partial charge >= 0.3 is 0 Å². The molecule has 11 nitrogen and oxygen atoms in total. The third-order valence-electron chi connectivity index (χ3n) is 5.96. The predicted octanol–water partition coefficient (Wildman–Crippen LogP) is 1.98. The number of fused-ring (bicyclic) bond motifs is 1. The zero-order valence-electron chi connectivity index (χ0n) is 19.2. The topological polar surface area (TPSA) is 152 Å². The Labute approximate surface area is 197 Å². The quantitative estimate of drug-likeness (QED) is 0.345. The Kier molecular flexibility index (Phi) is 7.59. The van der Waals surface area contributed by atoms with Gasteiger partial charge in [0, 0.05) is 19.1 Å². The number of benzene rings is 1. The molecule has 0 spiro atoms. The lowest BCUT2D eigenvalue weighted by Gasteiger charge is -2.13. The van der Waals surface area contributed by atoms with Gasteiger partial charge in [0.25, 0.3) is 5.56 Å². The Morgan fingerprint density at radius 1 is 1.21 bits per heavy atom. The van der Waals surface area contributed by atoms with Crippen molar-refractivity contribution < 1.29 is 18.3 Å². The van der Waals surface area contributed by atoms with Crippen LogP contribution in [-0.2, 0) is 10.0 Å². The average Bonchev–Trinajstić information content (AvgIpc) is 3.49. The monoisotopic (exact) mass is 490 g/mol. The Morgan fingerprint density at radius 3 is 2.74 bits per heavy atom. The Morgan fingerprint density at radius 2 is 2.00 bits per heavy atom. The molecular weight excluding hydrogens is 460 g/mol. The Hall–Kier alpha value is -2.83. The van der Waals surface area contributed by atoms with Crippen molar-refractivity contribution in [1.29, 1.82) is 0 Å². The van der Waals surface area contributed by atoms with Gasteiger partial charge in [0.2, 0.25) is 15.7 Å². The highest BCUT2D eigenvalue weighted by molar-refractivity contribution is 7.89. The molecule has 2 heterocycles. The van der Waals surface area contributed by atoms with Crippen LogP contribution in [0.1, 0.15) is 63.6 Å². The molecule has 1 fully saturated rings. The fraction of sp³-hybridized carbons (Fsp3) is 0.545. The first-order valence-electron chi connectivity index (χ1n) is 11.7. The molecule has 1 aromatic carbocycles. The summed E-state index contributed by atoms with van der Waals surface area (Å²) in [4.78, 5) is 15.5. The number of unbranched alkanes of at least 4 members (excludes halogenated alkanes) is 2. The van der Waals surface area contributed by atoms with Gasteiger partial charge in [-0.05, 0) is 57.2 Å². The van der Waals surface area contributed by atoms with E-state index >= 15 is 0 Å². The fourth-order valence-electron chi connectivity index (χ4n) is 4.23. The van der Waals surface area contributed by atoms with Gasteiger partial charge in [0.15, 0.2) is 11.6 Å². The third kappa shape index (κ3) is 5.13. The number of ether oxygens (including phenoxy) is 1. The van der Waals surface area contributed by atoms with E-state index in [0.29, 0.717) is 36.6 Å². The fourth-order valence-corrected chi connectivity index (χ4v) is 5.33. The summed E-state index contributed by atoms with van der Waals surface area (Å²) < 4.78 is 35.5. The van der Waals surface area contributed by atoms with Gasteiger partial charge in [0.05, 0.1) is 17.1 Å². The number of aliphatic hydroxyl groups excluding tert-OH is 1. The molecule has 0 atom stereocenters. The number of rotatable bonds is 11. The summed E-state index contributed by atoms with van der Waals surface area (Å²) in [6.45, 7) is 2.52. The molecule has 0 aliphatic heterocycles. The summed E-state index contributed by atoms with van der Waals surface area (Å²) in [5.41, 5.74) is 0.00599. The van der Waals surface area contributed by atoms with Crippen molar-refractivity contribution in [3.05, 3.63) is 34.4 Å². The standard InChI is InChI=1S/C22H30N6O5S/c1-2-33-18-11-10-16(34(31,32)23-12-6-3-7-13-29)14-17(18)19-24-22(30)21-26-25-20(28(21)27-19)15-8-4-5-9-15/h10-11,14-15,23,29H,2-9,12-13H2,1H3,(H,24,27,30). The van der Waals surface area contributed by atoms with Crippen molar-refractivity contribution in [2.24, 2.45) is 0 Å². The number of aromatic amines is 1. The number of aliphatic hydroxyl groups is 1. The summed E-state index contributed by atoms with van der Waals surface area (Å²) in [6.07, 6.45) is 6.09. The number of hydrogen-bond donors (Lipinski definition) is 3. The minimum Gasteiger partial charge on any atom is -0.493 e. The van der Waals surface area contributed by atoms with Crippen LogP contribution in [-0.4, -0.2) is 58.1 Å². The van der Waals surface area contributed by atoms with E-state index < -0.39 is 15.6 Å². The van der Waals surface area contributed by atoms with Crippen LogP contribution in [0.25, 0.3) is 17.0 Å². The highest BCUT2D eigenvalue weighted by Gasteiger charge is 2.25. The molecule has 1 saturated carbocycles. The molecular formula is C22H30N6O5S. The Balaban J connectivity index is 1.72. The normalized spacial score (nSPS) is 14.8. The van der Waals surface area contributed by atoms with E-state index in [0.717, 1.165) is 32.1 Å². The van der Waals surface area contributed by atoms with Gasteiger partial charge in [-0.25, -0.2) is 13.1 Å². The molecule has 0 radical (unpaired) electrons. The zero-order valence-corrected chi connectivity index (χ0v) is 20.0. The van der Waals surface area contributed by atoms with Gasteiger partial charge < -0.3 is 14.8 Å². The lowest BCUT2D eigenvalue weighted by molar-refractivity contribution is 0.283. The maximum Gasteiger partial charge on any atom is 0.296 e. The average molecular weight is 491 g/mol. The molecule has 3 aromatic rings. The number of aromatic nitrogens is 5. The van der Waals surface area contributed by atoms with Crippen LogP contribution in [0.3, 0.4) is 0 Å². The molecule has 1 aliphatic rings. The van der Waals surface area contributed by atoms with Gasteiger partial charge in [-0.1, -0.05) is 12.8 Å². The highest BCUT2D eigenvalue weighted by Crippen LogP contribution is 2.33. The van der Waals surface area contributed by atoms with E-state index in [9.17, 15) is 13.2 Å². The molecule has 3 N–H and O–H groups in total. The second-order valence-electron chi connectivity index (χ2n) is 8.35. The summed E-state index contributed by atoms with van der Waals surface area (Å²) in [5, 5.41) is 21.7. The minimum absolute atomic E-state index is 0.0376. The van der Waals surface area contributed by atoms with Crippen LogP contribution in [0.2, 0.25) is 0 Å². The van der Waals surface area contributed by atoms with Crippen LogP contribution in [0, 0.1) is 0 Å². The molecule has 184 valence electrons. The number of nitrogens with one attached hydrogen (secondary N) is 2. The number of nitrogens with zero attached hydrogens (tertiary/aromatic N) is 4. The van der Waals surface area contributed by atoms with Crippen LogP contribution in [0.4, 0.5) is 0 Å². The second-order valence-corrected chi connectivity index (χ2v) is 10.1. The third-order valence-corrected chi connectivity index (χ3v) is 7.42. The van der Waals surface area contributed by atoms with E-state index in [1.165, 1.54) is 16.6 Å². The van der Waals surface area contributed by atoms with Gasteiger partial charge in [0.1, 0.15) is 5.75 Å². The summed E-state index contributed by atoms with van der Waals surface area (Å²) in [6, 6.07) is 4.47. The summed E-state index contributed by atoms with van der Waals surface area (Å²) in [5.74, 6) is 1.42. The first kappa shape index (κ1) is 24.3. The first-order valence-corrected chi connectivity index (χ1v) is 13.2. The van der Waals surface area contributed by atoms with E-state index in [2.05, 4.69) is 25.0 Å². The molecule has 0 saturated heterocycles. The zero-order chi connectivity index (χ0) is 24.1. The molecule has 12 heteroatoms. The van der Waals surface area contributed by atoms with Crippen molar-refractivity contribution in [3.63, 3.8) is 0 Å². The Bertz CT molecular complexity index is 1300. The minimum atomic E-state index is -3.79. The van der Waals surface area contributed by atoms with Gasteiger partial charge in [-0.2, -0.15) is 4.52 Å². The van der Waals surface area contributed by atoms with E-state index in [-0.39, 0.29) is 35.4 Å². The molecule has 1 aliphatic carbocycles.